The first-order chi connectivity index (χ1) is 17.0. The monoisotopic (exact) mass is 527 g/mol. The van der Waals surface area contributed by atoms with E-state index < -0.39 is 54.5 Å². The second-order valence-corrected chi connectivity index (χ2v) is 8.18. The molecule has 14 nitrogen and oxygen atoms in total. The molecule has 4 unspecified atom stereocenters. The summed E-state index contributed by atoms with van der Waals surface area (Å²) < 4.78 is 0. The molecule has 0 radical (unpaired) electrons. The van der Waals surface area contributed by atoms with Crippen LogP contribution in [-0.4, -0.2) is 88.0 Å². The summed E-state index contributed by atoms with van der Waals surface area (Å²) in [5.41, 5.74) is 16.6. The number of hydrogen-bond donors (Lipinski definition) is 10. The van der Waals surface area contributed by atoms with Crippen molar-refractivity contribution in [1.29, 1.82) is 0 Å². The molecule has 0 saturated heterocycles. The number of aliphatic hydroxyl groups is 1. The number of guanidine groups is 1. The molecule has 0 aliphatic carbocycles. The van der Waals surface area contributed by atoms with Gasteiger partial charge in [-0.15, -0.1) is 0 Å². The van der Waals surface area contributed by atoms with Crippen molar-refractivity contribution in [2.75, 3.05) is 18.9 Å². The molecule has 0 heterocycles. The third-order valence-corrected chi connectivity index (χ3v) is 5.31. The van der Waals surface area contributed by atoms with Crippen molar-refractivity contribution >= 4 is 42.3 Å². The molecule has 1 rings (SSSR count). The molecular formula is C21H33N7O7S. The zero-order chi connectivity index (χ0) is 27.3. The topological polar surface area (TPSA) is 255 Å². The van der Waals surface area contributed by atoms with Gasteiger partial charge in [-0.05, 0) is 30.5 Å². The average molecular weight is 528 g/mol. The molecule has 36 heavy (non-hydrogen) atoms. The number of thiol groups is 1. The second kappa shape index (κ2) is 15.4. The lowest BCUT2D eigenvalue weighted by atomic mass is 10.0. The molecule has 4 atom stereocenters. The zero-order valence-corrected chi connectivity index (χ0v) is 20.4. The van der Waals surface area contributed by atoms with Crippen LogP contribution < -0.4 is 33.2 Å². The number of hydrogen-bond acceptors (Lipinski definition) is 9. The third-order valence-electron chi connectivity index (χ3n) is 4.92. The first-order valence-electron chi connectivity index (χ1n) is 10.9. The predicted molar refractivity (Wildman–Crippen MR) is 134 cm³/mol. The van der Waals surface area contributed by atoms with E-state index in [-0.39, 0.29) is 43.3 Å². The number of benzene rings is 1. The lowest BCUT2D eigenvalue weighted by Crippen LogP contribution is -2.58. The molecule has 0 spiro atoms. The maximum absolute atomic E-state index is 13.0. The van der Waals surface area contributed by atoms with Crippen molar-refractivity contribution in [3.05, 3.63) is 29.8 Å². The van der Waals surface area contributed by atoms with E-state index in [0.29, 0.717) is 5.56 Å². The zero-order valence-electron chi connectivity index (χ0n) is 19.5. The Balaban J connectivity index is 3.03. The van der Waals surface area contributed by atoms with Crippen molar-refractivity contribution in [3.8, 4) is 5.75 Å². The first kappa shape index (κ1) is 30.5. The van der Waals surface area contributed by atoms with E-state index in [9.17, 15) is 34.5 Å². The van der Waals surface area contributed by atoms with E-state index in [1.165, 1.54) is 24.3 Å². The Morgan fingerprint density at radius 1 is 0.944 bits per heavy atom. The molecule has 0 aliphatic rings. The summed E-state index contributed by atoms with van der Waals surface area (Å²) in [6.07, 6.45) is 0.184. The van der Waals surface area contributed by atoms with E-state index in [2.05, 4.69) is 33.6 Å². The van der Waals surface area contributed by atoms with Crippen LogP contribution in [0.2, 0.25) is 0 Å². The maximum atomic E-state index is 13.0. The molecule has 0 bridgehead atoms. The molecule has 3 amide bonds. The molecule has 1 aromatic rings. The van der Waals surface area contributed by atoms with Crippen LogP contribution >= 0.6 is 12.6 Å². The standard InChI is InChI=1S/C21H33N7O7S/c22-13(10-36)17(31)28-16(9-29)19(33)27-15(8-11-3-5-12(30)6-4-11)18(32)26-14(20(34)35)2-1-7-25-21(23)24/h3-6,13-16,29-30,36H,1-2,7-10,22H2,(H,26,32)(H,27,33)(H,28,31)(H,34,35)(H4,23,24,25). The Labute approximate surface area is 213 Å². The minimum atomic E-state index is -1.42. The van der Waals surface area contributed by atoms with Crippen LogP contribution in [0.4, 0.5) is 0 Å². The normalized spacial score (nSPS) is 14.0. The summed E-state index contributed by atoms with van der Waals surface area (Å²) in [7, 11) is 0. The highest BCUT2D eigenvalue weighted by Gasteiger charge is 2.30. The quantitative estimate of drug-likeness (QED) is 0.0472. The number of nitrogens with zero attached hydrogens (tertiary/aromatic N) is 1. The van der Waals surface area contributed by atoms with E-state index in [4.69, 9.17) is 17.2 Å². The van der Waals surface area contributed by atoms with Gasteiger partial charge < -0.3 is 48.5 Å². The Morgan fingerprint density at radius 3 is 2.03 bits per heavy atom. The van der Waals surface area contributed by atoms with Crippen LogP contribution in [0.5, 0.6) is 5.75 Å². The number of aliphatic hydroxyl groups excluding tert-OH is 1. The number of rotatable bonds is 15. The Morgan fingerprint density at radius 2 is 1.50 bits per heavy atom. The summed E-state index contributed by atoms with van der Waals surface area (Å²) in [5.74, 6) is -3.91. The molecule has 0 aliphatic heterocycles. The number of nitrogens with one attached hydrogen (secondary N) is 3. The summed E-state index contributed by atoms with van der Waals surface area (Å²) in [5, 5.41) is 35.6. The Bertz CT molecular complexity index is 926. The molecule has 0 saturated carbocycles. The number of phenolic OH excluding ortho intramolecular Hbond substituents is 1. The van der Waals surface area contributed by atoms with Crippen LogP contribution in [0, 0.1) is 0 Å². The van der Waals surface area contributed by atoms with Crippen molar-refractivity contribution in [3.63, 3.8) is 0 Å². The van der Waals surface area contributed by atoms with Crippen molar-refractivity contribution < 1.29 is 34.5 Å². The van der Waals surface area contributed by atoms with Crippen LogP contribution in [0.1, 0.15) is 18.4 Å². The highest BCUT2D eigenvalue weighted by Crippen LogP contribution is 2.12. The molecule has 1 aromatic carbocycles. The number of carboxylic acid groups (broad SMARTS) is 1. The molecule has 0 aromatic heterocycles. The lowest BCUT2D eigenvalue weighted by molar-refractivity contribution is -0.142. The van der Waals surface area contributed by atoms with Crippen LogP contribution in [-0.2, 0) is 25.6 Å². The SMILES string of the molecule is NC(N)=NCCCC(NC(=O)C(Cc1ccc(O)cc1)NC(=O)C(CO)NC(=O)C(N)CS)C(=O)O. The Hall–Kier alpha value is -3.56. The van der Waals surface area contributed by atoms with Gasteiger partial charge in [0.2, 0.25) is 17.7 Å². The Kier molecular flexibility index (Phi) is 13.1. The van der Waals surface area contributed by atoms with Gasteiger partial charge in [0.05, 0.1) is 12.6 Å². The number of carbonyl (C=O) groups excluding carboxylic acids is 3. The minimum absolute atomic E-state index is 0.00273. The molecule has 200 valence electrons. The number of nitrogens with two attached hydrogens (primary N) is 3. The number of aliphatic imine (C=N–C) groups is 1. The van der Waals surface area contributed by atoms with Gasteiger partial charge in [0.15, 0.2) is 5.96 Å². The highest BCUT2D eigenvalue weighted by molar-refractivity contribution is 7.80. The largest absolute Gasteiger partial charge is 0.508 e. The van der Waals surface area contributed by atoms with E-state index >= 15 is 0 Å². The van der Waals surface area contributed by atoms with Gasteiger partial charge in [0.1, 0.15) is 23.9 Å². The smallest absolute Gasteiger partial charge is 0.326 e. The minimum Gasteiger partial charge on any atom is -0.508 e. The number of carbonyl (C=O) groups is 4. The van der Waals surface area contributed by atoms with Crippen LogP contribution in [0.15, 0.2) is 29.3 Å². The fraction of sp³-hybridized carbons (Fsp3) is 0.476. The molecular weight excluding hydrogens is 494 g/mol. The summed E-state index contributed by atoms with van der Waals surface area (Å²) in [6.45, 7) is -0.630. The summed E-state index contributed by atoms with van der Waals surface area (Å²) in [4.78, 5) is 53.2. The third kappa shape index (κ3) is 10.8. The number of aliphatic carboxylic acids is 1. The summed E-state index contributed by atoms with van der Waals surface area (Å²) >= 11 is 3.90. The number of phenols is 1. The summed E-state index contributed by atoms with van der Waals surface area (Å²) in [6, 6.07) is 0.760. The van der Waals surface area contributed by atoms with Gasteiger partial charge in [-0.25, -0.2) is 4.79 Å². The lowest BCUT2D eigenvalue weighted by Gasteiger charge is -2.24. The van der Waals surface area contributed by atoms with Gasteiger partial charge >= 0.3 is 5.97 Å². The second-order valence-electron chi connectivity index (χ2n) is 7.81. The first-order valence-corrected chi connectivity index (χ1v) is 11.6. The van der Waals surface area contributed by atoms with E-state index in [0.717, 1.165) is 0 Å². The number of amides is 3. The average Bonchev–Trinajstić information content (AvgIpc) is 2.83. The number of carboxylic acids is 1. The molecule has 0 fully saturated rings. The fourth-order valence-corrected chi connectivity index (χ4v) is 3.10. The number of aromatic hydroxyl groups is 1. The van der Waals surface area contributed by atoms with Crippen LogP contribution in [0.3, 0.4) is 0 Å². The van der Waals surface area contributed by atoms with Gasteiger partial charge in [0, 0.05) is 18.7 Å². The molecule has 12 N–H and O–H groups in total. The van der Waals surface area contributed by atoms with E-state index in [1.54, 1.807) is 0 Å². The highest BCUT2D eigenvalue weighted by atomic mass is 32.1. The predicted octanol–water partition coefficient (Wildman–Crippen LogP) is -3.22. The van der Waals surface area contributed by atoms with E-state index in [1.807, 2.05) is 0 Å². The van der Waals surface area contributed by atoms with Crippen molar-refractivity contribution in [1.82, 2.24) is 16.0 Å². The van der Waals surface area contributed by atoms with Gasteiger partial charge in [-0.3, -0.25) is 19.4 Å². The van der Waals surface area contributed by atoms with Gasteiger partial charge in [-0.2, -0.15) is 12.6 Å². The maximum Gasteiger partial charge on any atom is 0.326 e. The molecule has 15 heteroatoms. The van der Waals surface area contributed by atoms with Crippen LogP contribution in [0.25, 0.3) is 0 Å². The van der Waals surface area contributed by atoms with Gasteiger partial charge in [-0.1, -0.05) is 12.1 Å². The fourth-order valence-electron chi connectivity index (χ4n) is 2.94. The van der Waals surface area contributed by atoms with Crippen molar-refractivity contribution in [2.24, 2.45) is 22.2 Å². The van der Waals surface area contributed by atoms with Crippen molar-refractivity contribution in [2.45, 2.75) is 43.4 Å². The van der Waals surface area contributed by atoms with Gasteiger partial charge in [0.25, 0.3) is 0 Å².